The second-order valence-electron chi connectivity index (χ2n) is 6.74. The van der Waals surface area contributed by atoms with Crippen LogP contribution in [-0.2, 0) is 0 Å². The van der Waals surface area contributed by atoms with E-state index < -0.39 is 0 Å². The van der Waals surface area contributed by atoms with Crippen LogP contribution in [0, 0.1) is 11.7 Å². The lowest BCUT2D eigenvalue weighted by molar-refractivity contribution is 0.134. The number of nitrogens with zero attached hydrogens (tertiary/aromatic N) is 3. The van der Waals surface area contributed by atoms with E-state index >= 15 is 0 Å². The third kappa shape index (κ3) is 3.43. The highest BCUT2D eigenvalue weighted by atomic mass is 35.5. The summed E-state index contributed by atoms with van der Waals surface area (Å²) < 4.78 is 19.7. The summed E-state index contributed by atoms with van der Waals surface area (Å²) in [7, 11) is 1.70. The van der Waals surface area contributed by atoms with Crippen molar-refractivity contribution in [1.29, 1.82) is 0 Å². The van der Waals surface area contributed by atoms with Crippen molar-refractivity contribution in [3.8, 4) is 5.75 Å². The third-order valence-corrected chi connectivity index (χ3v) is 4.98. The molecular weight excluding hydrogens is 383 g/mol. The predicted molar refractivity (Wildman–Crippen MR) is 107 cm³/mol. The summed E-state index contributed by atoms with van der Waals surface area (Å²) in [5.41, 5.74) is 7.84. The fourth-order valence-electron chi connectivity index (χ4n) is 3.65. The highest BCUT2D eigenvalue weighted by molar-refractivity contribution is 6.07. The van der Waals surface area contributed by atoms with Crippen molar-refractivity contribution >= 4 is 24.1 Å². The van der Waals surface area contributed by atoms with E-state index in [-0.39, 0.29) is 36.2 Å². The van der Waals surface area contributed by atoms with Crippen LogP contribution in [0.25, 0.3) is 0 Å². The van der Waals surface area contributed by atoms with Gasteiger partial charge in [0.1, 0.15) is 11.6 Å². The van der Waals surface area contributed by atoms with E-state index in [0.29, 0.717) is 36.7 Å². The second kappa shape index (κ2) is 8.16. The van der Waals surface area contributed by atoms with Crippen LogP contribution in [0.3, 0.4) is 0 Å². The first-order valence-corrected chi connectivity index (χ1v) is 8.90. The van der Waals surface area contributed by atoms with Crippen molar-refractivity contribution in [3.63, 3.8) is 0 Å². The Bertz CT molecular complexity index is 893. The van der Waals surface area contributed by atoms with Gasteiger partial charge in [0.15, 0.2) is 0 Å². The maximum absolute atomic E-state index is 13.8. The fraction of sp³-hybridized carbons (Fsp3) is 0.300. The summed E-state index contributed by atoms with van der Waals surface area (Å²) >= 11 is 0. The number of ether oxygens (including phenoxy) is 1. The number of hydrogen-bond donors (Lipinski definition) is 1. The SMILES string of the molecule is CN(CCN)C(=O)N1N=C2c3cc(F)ccc3OCC2C1c1ccccc1.Cl. The quantitative estimate of drug-likeness (QED) is 0.854. The third-order valence-electron chi connectivity index (χ3n) is 4.98. The number of amides is 2. The predicted octanol–water partition coefficient (Wildman–Crippen LogP) is 3.03. The van der Waals surface area contributed by atoms with Crippen molar-refractivity contribution < 1.29 is 13.9 Å². The Kier molecular flexibility index (Phi) is 5.86. The van der Waals surface area contributed by atoms with Gasteiger partial charge in [0.2, 0.25) is 0 Å². The minimum Gasteiger partial charge on any atom is -0.492 e. The minimum absolute atomic E-state index is 0. The van der Waals surface area contributed by atoms with Crippen molar-refractivity contribution in [1.82, 2.24) is 9.91 Å². The molecule has 2 aromatic carbocycles. The van der Waals surface area contributed by atoms with Crippen LogP contribution in [0.1, 0.15) is 17.2 Å². The standard InChI is InChI=1S/C20H21FN4O2.ClH/c1-24(10-9-22)20(26)25-19(13-5-3-2-4-6-13)16-12-27-17-8-7-14(21)11-15(17)18(16)23-25;/h2-8,11,16,19H,9-10,12,22H2,1H3;1H. The van der Waals surface area contributed by atoms with Gasteiger partial charge in [-0.1, -0.05) is 30.3 Å². The second-order valence-corrected chi connectivity index (χ2v) is 6.74. The molecule has 0 spiro atoms. The molecule has 2 atom stereocenters. The zero-order valence-corrected chi connectivity index (χ0v) is 16.2. The molecule has 148 valence electrons. The first-order valence-electron chi connectivity index (χ1n) is 8.90. The lowest BCUT2D eigenvalue weighted by atomic mass is 9.86. The molecule has 0 aliphatic carbocycles. The van der Waals surface area contributed by atoms with E-state index in [1.807, 2.05) is 30.3 Å². The smallest absolute Gasteiger partial charge is 0.340 e. The number of carbonyl (C=O) groups is 1. The Morgan fingerprint density at radius 1 is 1.32 bits per heavy atom. The molecule has 0 saturated heterocycles. The van der Waals surface area contributed by atoms with Crippen LogP contribution in [0.4, 0.5) is 9.18 Å². The number of fused-ring (bicyclic) bond motifs is 3. The molecule has 0 aromatic heterocycles. The molecule has 2 aliphatic heterocycles. The summed E-state index contributed by atoms with van der Waals surface area (Å²) in [6.07, 6.45) is 0. The number of carbonyl (C=O) groups excluding carboxylic acids is 1. The van der Waals surface area contributed by atoms with Crippen molar-refractivity contribution in [2.45, 2.75) is 6.04 Å². The lowest BCUT2D eigenvalue weighted by Crippen LogP contribution is -2.42. The van der Waals surface area contributed by atoms with Crippen LogP contribution in [0.2, 0.25) is 0 Å². The van der Waals surface area contributed by atoms with Gasteiger partial charge in [-0.3, -0.25) is 0 Å². The Morgan fingerprint density at radius 2 is 2.07 bits per heavy atom. The summed E-state index contributed by atoms with van der Waals surface area (Å²) in [6, 6.07) is 13.5. The molecule has 0 saturated carbocycles. The van der Waals surface area contributed by atoms with Crippen LogP contribution in [0.15, 0.2) is 53.6 Å². The molecule has 6 nitrogen and oxygen atoms in total. The Balaban J connectivity index is 0.00000225. The Hall–Kier alpha value is -2.64. The fourth-order valence-corrected chi connectivity index (χ4v) is 3.65. The van der Waals surface area contributed by atoms with E-state index in [1.165, 1.54) is 17.1 Å². The van der Waals surface area contributed by atoms with Crippen LogP contribution >= 0.6 is 12.4 Å². The maximum atomic E-state index is 13.8. The number of nitrogens with two attached hydrogens (primary N) is 1. The molecule has 2 amide bonds. The van der Waals surface area contributed by atoms with Crippen molar-refractivity contribution in [2.75, 3.05) is 26.7 Å². The number of rotatable bonds is 3. The normalized spacial score (nSPS) is 19.7. The number of hydrazone groups is 1. The molecule has 28 heavy (non-hydrogen) atoms. The van der Waals surface area contributed by atoms with Gasteiger partial charge in [0, 0.05) is 25.7 Å². The Labute approximate surface area is 169 Å². The lowest BCUT2D eigenvalue weighted by Gasteiger charge is -2.31. The summed E-state index contributed by atoms with van der Waals surface area (Å²) in [4.78, 5) is 14.6. The molecule has 4 rings (SSSR count). The van der Waals surface area contributed by atoms with Crippen molar-refractivity contribution in [3.05, 3.63) is 65.5 Å². The molecule has 0 fully saturated rings. The molecule has 2 unspecified atom stereocenters. The number of benzene rings is 2. The monoisotopic (exact) mass is 404 g/mol. The van der Waals surface area contributed by atoms with E-state index in [2.05, 4.69) is 5.10 Å². The van der Waals surface area contributed by atoms with E-state index in [1.54, 1.807) is 18.0 Å². The van der Waals surface area contributed by atoms with Gasteiger partial charge in [0.05, 0.1) is 24.3 Å². The van der Waals surface area contributed by atoms with Gasteiger partial charge < -0.3 is 15.4 Å². The summed E-state index contributed by atoms with van der Waals surface area (Å²) in [6.45, 7) is 1.17. The topological polar surface area (TPSA) is 71.2 Å². The van der Waals surface area contributed by atoms with Gasteiger partial charge in [-0.05, 0) is 23.8 Å². The van der Waals surface area contributed by atoms with Gasteiger partial charge >= 0.3 is 6.03 Å². The molecule has 8 heteroatoms. The number of halogens is 2. The van der Waals surface area contributed by atoms with E-state index in [4.69, 9.17) is 10.5 Å². The number of likely N-dealkylation sites (N-methyl/N-ethyl adjacent to an activating group) is 1. The summed E-state index contributed by atoms with van der Waals surface area (Å²) in [5.74, 6) is 0.0572. The van der Waals surface area contributed by atoms with Crippen LogP contribution in [0.5, 0.6) is 5.75 Å². The van der Waals surface area contributed by atoms with Crippen molar-refractivity contribution in [2.24, 2.45) is 16.8 Å². The highest BCUT2D eigenvalue weighted by Crippen LogP contribution is 2.42. The molecule has 2 heterocycles. The van der Waals surface area contributed by atoms with Gasteiger partial charge in [0.25, 0.3) is 0 Å². The molecule has 2 N–H and O–H groups in total. The molecule has 2 aliphatic rings. The zero-order chi connectivity index (χ0) is 19.0. The number of hydrogen-bond acceptors (Lipinski definition) is 4. The molecule has 0 radical (unpaired) electrons. The Morgan fingerprint density at radius 3 is 2.79 bits per heavy atom. The van der Waals surface area contributed by atoms with Crippen LogP contribution in [-0.4, -0.2) is 48.4 Å². The average molecular weight is 405 g/mol. The van der Waals surface area contributed by atoms with Gasteiger partial charge in [-0.2, -0.15) is 5.10 Å². The molecule has 0 bridgehead atoms. The molecular formula is C20H22ClFN4O2. The summed E-state index contributed by atoms with van der Waals surface area (Å²) in [5, 5.41) is 6.11. The average Bonchev–Trinajstić information content (AvgIpc) is 3.08. The largest absolute Gasteiger partial charge is 0.492 e. The number of urea groups is 1. The molecule has 2 aromatic rings. The maximum Gasteiger partial charge on any atom is 0.340 e. The first-order chi connectivity index (χ1) is 13.1. The highest BCUT2D eigenvalue weighted by Gasteiger charge is 2.45. The van der Waals surface area contributed by atoms with E-state index in [0.717, 1.165) is 5.56 Å². The van der Waals surface area contributed by atoms with Gasteiger partial charge in [-0.25, -0.2) is 14.2 Å². The van der Waals surface area contributed by atoms with Gasteiger partial charge in [-0.15, -0.1) is 12.4 Å². The van der Waals surface area contributed by atoms with E-state index in [9.17, 15) is 9.18 Å². The zero-order valence-electron chi connectivity index (χ0n) is 15.4. The first kappa shape index (κ1) is 20.1. The van der Waals surface area contributed by atoms with Crippen LogP contribution < -0.4 is 10.5 Å². The minimum atomic E-state index is -0.359.